The zero-order chi connectivity index (χ0) is 13.0. The number of ether oxygens (including phenoxy) is 2. The Bertz CT molecular complexity index is 532. The Balaban J connectivity index is 2.08. The van der Waals surface area contributed by atoms with Gasteiger partial charge in [-0.3, -0.25) is 0 Å². The molecule has 0 N–H and O–H groups in total. The van der Waals surface area contributed by atoms with Crippen molar-refractivity contribution in [3.63, 3.8) is 0 Å². The van der Waals surface area contributed by atoms with E-state index in [0.29, 0.717) is 11.3 Å². The fourth-order valence-corrected chi connectivity index (χ4v) is 1.66. The van der Waals surface area contributed by atoms with Crippen LogP contribution in [0.15, 0.2) is 53.0 Å². The fourth-order valence-electron chi connectivity index (χ4n) is 1.40. The third-order valence-corrected chi connectivity index (χ3v) is 2.88. The van der Waals surface area contributed by atoms with Crippen molar-refractivity contribution in [1.82, 2.24) is 0 Å². The van der Waals surface area contributed by atoms with E-state index >= 15 is 0 Å². The first-order chi connectivity index (χ1) is 8.69. The Labute approximate surface area is 113 Å². The monoisotopic (exact) mass is 306 g/mol. The second kappa shape index (κ2) is 5.69. The first-order valence-electron chi connectivity index (χ1n) is 5.31. The van der Waals surface area contributed by atoms with E-state index in [0.717, 1.165) is 10.2 Å². The van der Waals surface area contributed by atoms with Crippen LogP contribution in [0.25, 0.3) is 0 Å². The molecule has 0 saturated heterocycles. The van der Waals surface area contributed by atoms with Crippen LogP contribution in [-0.4, -0.2) is 13.1 Å². The van der Waals surface area contributed by atoms with E-state index in [1.54, 1.807) is 55.6 Å². The quantitative estimate of drug-likeness (QED) is 0.641. The highest BCUT2D eigenvalue weighted by Gasteiger charge is 2.08. The van der Waals surface area contributed by atoms with E-state index in [1.165, 1.54) is 0 Å². The number of esters is 1. The summed E-state index contributed by atoms with van der Waals surface area (Å²) in [5.41, 5.74) is 0.508. The highest BCUT2D eigenvalue weighted by Crippen LogP contribution is 2.18. The lowest BCUT2D eigenvalue weighted by atomic mass is 10.2. The average molecular weight is 307 g/mol. The van der Waals surface area contributed by atoms with Crippen LogP contribution >= 0.6 is 15.9 Å². The number of hydrogen-bond acceptors (Lipinski definition) is 3. The van der Waals surface area contributed by atoms with Gasteiger partial charge in [-0.15, -0.1) is 0 Å². The normalized spacial score (nSPS) is 9.89. The molecule has 3 nitrogen and oxygen atoms in total. The smallest absolute Gasteiger partial charge is 0.343 e. The van der Waals surface area contributed by atoms with Crippen LogP contribution in [0.5, 0.6) is 11.5 Å². The third kappa shape index (κ3) is 3.11. The summed E-state index contributed by atoms with van der Waals surface area (Å²) in [6, 6.07) is 13.9. The number of hydrogen-bond donors (Lipinski definition) is 0. The van der Waals surface area contributed by atoms with Crippen molar-refractivity contribution in [2.45, 2.75) is 0 Å². The number of benzene rings is 2. The van der Waals surface area contributed by atoms with Crippen LogP contribution in [0, 0.1) is 0 Å². The SMILES string of the molecule is COc1ccc(OC(=O)c2ccc(Br)cc2)cc1. The molecule has 0 bridgehead atoms. The Morgan fingerprint density at radius 2 is 1.50 bits per heavy atom. The Morgan fingerprint density at radius 3 is 2.06 bits per heavy atom. The molecule has 0 unspecified atom stereocenters. The molecule has 0 radical (unpaired) electrons. The number of halogens is 1. The molecule has 18 heavy (non-hydrogen) atoms. The third-order valence-electron chi connectivity index (χ3n) is 2.35. The topological polar surface area (TPSA) is 35.5 Å². The molecule has 0 amide bonds. The van der Waals surface area contributed by atoms with Crippen LogP contribution in [0.4, 0.5) is 0 Å². The lowest BCUT2D eigenvalue weighted by Gasteiger charge is -2.05. The van der Waals surface area contributed by atoms with Crippen molar-refractivity contribution in [3.05, 3.63) is 58.6 Å². The van der Waals surface area contributed by atoms with Gasteiger partial charge in [-0.1, -0.05) is 15.9 Å². The summed E-state index contributed by atoms with van der Waals surface area (Å²) >= 11 is 3.31. The van der Waals surface area contributed by atoms with E-state index in [1.807, 2.05) is 0 Å². The van der Waals surface area contributed by atoms with Crippen molar-refractivity contribution >= 4 is 21.9 Å². The van der Waals surface area contributed by atoms with Crippen LogP contribution in [0.1, 0.15) is 10.4 Å². The van der Waals surface area contributed by atoms with E-state index in [2.05, 4.69) is 15.9 Å². The first-order valence-corrected chi connectivity index (χ1v) is 6.10. The molecule has 2 rings (SSSR count). The lowest BCUT2D eigenvalue weighted by Crippen LogP contribution is -2.08. The lowest BCUT2D eigenvalue weighted by molar-refractivity contribution is 0.0734. The van der Waals surface area contributed by atoms with E-state index in [-0.39, 0.29) is 5.97 Å². The van der Waals surface area contributed by atoms with Gasteiger partial charge in [-0.25, -0.2) is 4.79 Å². The maximum atomic E-state index is 11.8. The van der Waals surface area contributed by atoms with Gasteiger partial charge in [0.2, 0.25) is 0 Å². The Kier molecular flexibility index (Phi) is 3.99. The molecule has 92 valence electrons. The summed E-state index contributed by atoms with van der Waals surface area (Å²) in [6.45, 7) is 0. The van der Waals surface area contributed by atoms with Gasteiger partial charge >= 0.3 is 5.97 Å². The van der Waals surface area contributed by atoms with Crippen LogP contribution in [0.2, 0.25) is 0 Å². The number of carbonyl (C=O) groups is 1. The Hall–Kier alpha value is -1.81. The van der Waals surface area contributed by atoms with Crippen molar-refractivity contribution < 1.29 is 14.3 Å². The molecule has 0 aliphatic carbocycles. The highest BCUT2D eigenvalue weighted by atomic mass is 79.9. The summed E-state index contributed by atoms with van der Waals surface area (Å²) in [4.78, 5) is 11.8. The minimum Gasteiger partial charge on any atom is -0.497 e. The van der Waals surface area contributed by atoms with Crippen molar-refractivity contribution in [2.24, 2.45) is 0 Å². The zero-order valence-corrected chi connectivity index (χ0v) is 11.3. The largest absolute Gasteiger partial charge is 0.497 e. The maximum Gasteiger partial charge on any atom is 0.343 e. The second-order valence-electron chi connectivity index (χ2n) is 3.57. The molecule has 2 aromatic carbocycles. The summed E-state index contributed by atoms with van der Waals surface area (Å²) in [5, 5.41) is 0. The van der Waals surface area contributed by atoms with Crippen LogP contribution in [-0.2, 0) is 0 Å². The van der Waals surface area contributed by atoms with Crippen molar-refractivity contribution in [2.75, 3.05) is 7.11 Å². The second-order valence-corrected chi connectivity index (χ2v) is 4.49. The molecule has 0 saturated carbocycles. The van der Waals surface area contributed by atoms with Gasteiger partial charge in [0, 0.05) is 4.47 Å². The minimum absolute atomic E-state index is 0.382. The molecule has 4 heteroatoms. The van der Waals surface area contributed by atoms with Gasteiger partial charge in [0.25, 0.3) is 0 Å². The molecule has 0 aromatic heterocycles. The average Bonchev–Trinajstić information content (AvgIpc) is 2.40. The van der Waals surface area contributed by atoms with Gasteiger partial charge in [0.05, 0.1) is 12.7 Å². The highest BCUT2D eigenvalue weighted by molar-refractivity contribution is 9.10. The van der Waals surface area contributed by atoms with Gasteiger partial charge in [0.15, 0.2) is 0 Å². The van der Waals surface area contributed by atoms with Gasteiger partial charge in [-0.2, -0.15) is 0 Å². The van der Waals surface area contributed by atoms with Gasteiger partial charge < -0.3 is 9.47 Å². The molecule has 0 aliphatic heterocycles. The van der Waals surface area contributed by atoms with Crippen LogP contribution < -0.4 is 9.47 Å². The number of carbonyl (C=O) groups excluding carboxylic acids is 1. The summed E-state index contributed by atoms with van der Waals surface area (Å²) in [6.07, 6.45) is 0. The molecular formula is C14H11BrO3. The number of rotatable bonds is 3. The predicted octanol–water partition coefficient (Wildman–Crippen LogP) is 3.68. The van der Waals surface area contributed by atoms with E-state index < -0.39 is 0 Å². The molecule has 0 spiro atoms. The van der Waals surface area contributed by atoms with E-state index in [4.69, 9.17) is 9.47 Å². The standard InChI is InChI=1S/C14H11BrO3/c1-17-12-6-8-13(9-7-12)18-14(16)10-2-4-11(15)5-3-10/h2-9H,1H3. The zero-order valence-electron chi connectivity index (χ0n) is 9.72. The first kappa shape index (κ1) is 12.6. The molecule has 0 fully saturated rings. The summed E-state index contributed by atoms with van der Waals surface area (Å²) < 4.78 is 11.2. The van der Waals surface area contributed by atoms with Crippen molar-refractivity contribution in [1.29, 1.82) is 0 Å². The summed E-state index contributed by atoms with van der Waals surface area (Å²) in [5.74, 6) is 0.829. The van der Waals surface area contributed by atoms with Gasteiger partial charge in [-0.05, 0) is 48.5 Å². The van der Waals surface area contributed by atoms with Crippen LogP contribution in [0.3, 0.4) is 0 Å². The molecule has 0 aliphatic rings. The molecule has 0 atom stereocenters. The van der Waals surface area contributed by atoms with E-state index in [9.17, 15) is 4.79 Å². The summed E-state index contributed by atoms with van der Waals surface area (Å²) in [7, 11) is 1.59. The fraction of sp³-hybridized carbons (Fsp3) is 0.0714. The number of methoxy groups -OCH3 is 1. The Morgan fingerprint density at radius 1 is 0.944 bits per heavy atom. The predicted molar refractivity (Wildman–Crippen MR) is 72.1 cm³/mol. The van der Waals surface area contributed by atoms with Crippen molar-refractivity contribution in [3.8, 4) is 11.5 Å². The minimum atomic E-state index is -0.382. The molecule has 2 aromatic rings. The van der Waals surface area contributed by atoms with Gasteiger partial charge in [0.1, 0.15) is 11.5 Å². The molecular weight excluding hydrogens is 296 g/mol. The maximum absolute atomic E-state index is 11.8. The molecule has 0 heterocycles.